The first kappa shape index (κ1) is 18.8. The summed E-state index contributed by atoms with van der Waals surface area (Å²) in [6.07, 6.45) is 6.75. The van der Waals surface area contributed by atoms with Gasteiger partial charge in [0.2, 0.25) is 5.91 Å². The van der Waals surface area contributed by atoms with Gasteiger partial charge in [-0.1, -0.05) is 0 Å². The Kier molecular flexibility index (Phi) is 5.32. The molecule has 0 radical (unpaired) electrons. The number of amides is 1. The van der Waals surface area contributed by atoms with Crippen LogP contribution in [0.1, 0.15) is 18.4 Å². The van der Waals surface area contributed by atoms with Gasteiger partial charge in [0.25, 0.3) is 0 Å². The van der Waals surface area contributed by atoms with E-state index in [1.165, 1.54) is 0 Å². The molecule has 0 bridgehead atoms. The summed E-state index contributed by atoms with van der Waals surface area (Å²) in [6, 6.07) is 7.42. The number of hydrogen-bond acceptors (Lipinski definition) is 7. The molecular formula is C20H20N6O3. The van der Waals surface area contributed by atoms with Crippen LogP contribution in [0.4, 0.5) is 5.82 Å². The summed E-state index contributed by atoms with van der Waals surface area (Å²) in [5, 5.41) is 21.2. The highest BCUT2D eigenvalue weighted by molar-refractivity contribution is 5.92. The lowest BCUT2D eigenvalue weighted by atomic mass is 10.1. The Bertz CT molecular complexity index is 983. The van der Waals surface area contributed by atoms with E-state index < -0.39 is 0 Å². The molecule has 2 aliphatic rings. The second kappa shape index (κ2) is 8.21. The van der Waals surface area contributed by atoms with Gasteiger partial charge in [0.05, 0.1) is 36.6 Å². The minimum atomic E-state index is -0.236. The summed E-state index contributed by atoms with van der Waals surface area (Å²) in [4.78, 5) is 18.2. The Morgan fingerprint density at radius 2 is 2.24 bits per heavy atom. The molecule has 1 N–H and O–H groups in total. The van der Waals surface area contributed by atoms with Crippen molar-refractivity contribution in [3.05, 3.63) is 36.3 Å². The summed E-state index contributed by atoms with van der Waals surface area (Å²) in [6.45, 7) is 2.26. The van der Waals surface area contributed by atoms with E-state index in [-0.39, 0.29) is 17.9 Å². The number of carbonyl (C=O) groups excluding carboxylic acids is 1. The number of carbonyl (C=O) groups is 1. The van der Waals surface area contributed by atoms with Crippen LogP contribution in [0.2, 0.25) is 0 Å². The van der Waals surface area contributed by atoms with Gasteiger partial charge in [0.15, 0.2) is 12.0 Å². The molecule has 3 heterocycles. The van der Waals surface area contributed by atoms with Gasteiger partial charge in [-0.3, -0.25) is 4.79 Å². The van der Waals surface area contributed by atoms with Gasteiger partial charge in [-0.15, -0.1) is 0 Å². The first-order valence-electron chi connectivity index (χ1n) is 9.44. The summed E-state index contributed by atoms with van der Waals surface area (Å²) in [5.74, 6) is 0.646. The lowest BCUT2D eigenvalue weighted by molar-refractivity contribution is -0.119. The standard InChI is InChI=1S/C20H20N6O3/c21-8-14-1-2-16(29-17-4-6-28-11-17)7-18(14)26-10-19(23-13-26)24-20(27)15-3-5-25(9-15)12-22/h1-2,7,10,13,15,17H,3-6,9,11H2,(H,24,27). The third kappa shape index (κ3) is 4.15. The Hall–Kier alpha value is -3.56. The quantitative estimate of drug-likeness (QED) is 0.769. The Morgan fingerprint density at radius 3 is 2.97 bits per heavy atom. The van der Waals surface area contributed by atoms with Crippen LogP contribution in [0.25, 0.3) is 5.69 Å². The molecule has 2 saturated heterocycles. The maximum absolute atomic E-state index is 12.4. The molecule has 148 valence electrons. The van der Waals surface area contributed by atoms with Gasteiger partial charge in [-0.05, 0) is 18.6 Å². The van der Waals surface area contributed by atoms with Crippen molar-refractivity contribution in [3.63, 3.8) is 0 Å². The average Bonchev–Trinajstić information content (AvgIpc) is 3.49. The molecule has 2 atom stereocenters. The van der Waals surface area contributed by atoms with E-state index in [9.17, 15) is 10.1 Å². The van der Waals surface area contributed by atoms with E-state index in [0.717, 1.165) is 6.42 Å². The highest BCUT2D eigenvalue weighted by Crippen LogP contribution is 2.25. The molecule has 1 amide bonds. The number of likely N-dealkylation sites (tertiary alicyclic amines) is 1. The molecular weight excluding hydrogens is 372 g/mol. The number of nitriles is 2. The molecule has 2 fully saturated rings. The van der Waals surface area contributed by atoms with Crippen LogP contribution in [-0.4, -0.2) is 52.8 Å². The predicted octanol–water partition coefficient (Wildman–Crippen LogP) is 1.65. The van der Waals surface area contributed by atoms with Crippen molar-refractivity contribution in [2.45, 2.75) is 18.9 Å². The molecule has 0 spiro atoms. The molecule has 0 aliphatic carbocycles. The van der Waals surface area contributed by atoms with Gasteiger partial charge in [0.1, 0.15) is 24.3 Å². The van der Waals surface area contributed by atoms with E-state index in [4.69, 9.17) is 14.7 Å². The number of nitrogens with one attached hydrogen (secondary N) is 1. The molecule has 0 saturated carbocycles. The minimum absolute atomic E-state index is 0.00723. The van der Waals surface area contributed by atoms with Crippen LogP contribution < -0.4 is 10.1 Å². The lowest BCUT2D eigenvalue weighted by Gasteiger charge is -2.14. The number of benzene rings is 1. The van der Waals surface area contributed by atoms with Crippen molar-refractivity contribution in [3.8, 4) is 23.7 Å². The maximum atomic E-state index is 12.4. The van der Waals surface area contributed by atoms with Crippen molar-refractivity contribution in [1.29, 1.82) is 10.5 Å². The van der Waals surface area contributed by atoms with Crippen molar-refractivity contribution in [2.24, 2.45) is 5.92 Å². The number of aromatic nitrogens is 2. The average molecular weight is 392 g/mol. The summed E-state index contributed by atoms with van der Waals surface area (Å²) >= 11 is 0. The van der Waals surface area contributed by atoms with E-state index in [0.29, 0.717) is 55.5 Å². The summed E-state index contributed by atoms with van der Waals surface area (Å²) in [7, 11) is 0. The molecule has 1 aromatic carbocycles. The van der Waals surface area contributed by atoms with Crippen LogP contribution >= 0.6 is 0 Å². The fraction of sp³-hybridized carbons (Fsp3) is 0.400. The zero-order valence-corrected chi connectivity index (χ0v) is 15.7. The maximum Gasteiger partial charge on any atom is 0.230 e. The van der Waals surface area contributed by atoms with Gasteiger partial charge >= 0.3 is 0 Å². The zero-order chi connectivity index (χ0) is 20.2. The number of nitrogens with zero attached hydrogens (tertiary/aromatic N) is 5. The molecule has 4 rings (SSSR count). The number of imidazole rings is 1. The number of ether oxygens (including phenoxy) is 2. The highest BCUT2D eigenvalue weighted by atomic mass is 16.5. The van der Waals surface area contributed by atoms with Crippen molar-refractivity contribution >= 4 is 11.7 Å². The Morgan fingerprint density at radius 1 is 1.34 bits per heavy atom. The molecule has 2 unspecified atom stereocenters. The fourth-order valence-corrected chi connectivity index (χ4v) is 3.50. The monoisotopic (exact) mass is 392 g/mol. The predicted molar refractivity (Wildman–Crippen MR) is 102 cm³/mol. The second-order valence-electron chi connectivity index (χ2n) is 7.08. The van der Waals surface area contributed by atoms with E-state index in [1.807, 2.05) is 0 Å². The zero-order valence-electron chi connectivity index (χ0n) is 15.7. The Balaban J connectivity index is 1.49. The van der Waals surface area contributed by atoms with Gasteiger partial charge in [-0.25, -0.2) is 4.98 Å². The largest absolute Gasteiger partial charge is 0.488 e. The number of rotatable bonds is 5. The number of anilines is 1. The summed E-state index contributed by atoms with van der Waals surface area (Å²) < 4.78 is 12.9. The molecule has 29 heavy (non-hydrogen) atoms. The smallest absolute Gasteiger partial charge is 0.230 e. The SMILES string of the molecule is N#Cc1ccc(OC2CCOC2)cc1-n1cnc(NC(=O)C2CCN(C#N)C2)c1. The van der Waals surface area contributed by atoms with E-state index in [2.05, 4.69) is 22.6 Å². The first-order valence-corrected chi connectivity index (χ1v) is 9.44. The fourth-order valence-electron chi connectivity index (χ4n) is 3.50. The number of hydrogen-bond donors (Lipinski definition) is 1. The van der Waals surface area contributed by atoms with E-state index in [1.54, 1.807) is 40.2 Å². The first-order chi connectivity index (χ1) is 14.2. The lowest BCUT2D eigenvalue weighted by Crippen LogP contribution is -2.25. The minimum Gasteiger partial charge on any atom is -0.488 e. The second-order valence-corrected chi connectivity index (χ2v) is 7.08. The van der Waals surface area contributed by atoms with Gasteiger partial charge in [-0.2, -0.15) is 10.5 Å². The van der Waals surface area contributed by atoms with Crippen LogP contribution in [0.5, 0.6) is 5.75 Å². The molecule has 2 aliphatic heterocycles. The molecule has 2 aromatic rings. The van der Waals surface area contributed by atoms with Crippen LogP contribution in [-0.2, 0) is 9.53 Å². The third-order valence-electron chi connectivity index (χ3n) is 5.09. The Labute approximate surface area is 168 Å². The van der Waals surface area contributed by atoms with Crippen LogP contribution in [0, 0.1) is 28.7 Å². The van der Waals surface area contributed by atoms with Crippen molar-refractivity contribution in [2.75, 3.05) is 31.6 Å². The third-order valence-corrected chi connectivity index (χ3v) is 5.09. The normalized spacial score (nSPS) is 20.8. The van der Waals surface area contributed by atoms with Crippen molar-refractivity contribution in [1.82, 2.24) is 14.5 Å². The molecule has 9 nitrogen and oxygen atoms in total. The molecule has 9 heteroatoms. The van der Waals surface area contributed by atoms with E-state index >= 15 is 0 Å². The van der Waals surface area contributed by atoms with Crippen molar-refractivity contribution < 1.29 is 14.3 Å². The highest BCUT2D eigenvalue weighted by Gasteiger charge is 2.28. The topological polar surface area (TPSA) is 116 Å². The van der Waals surface area contributed by atoms with Crippen LogP contribution in [0.3, 0.4) is 0 Å². The molecule has 1 aromatic heterocycles. The summed E-state index contributed by atoms with van der Waals surface area (Å²) in [5.41, 5.74) is 1.09. The van der Waals surface area contributed by atoms with Gasteiger partial charge in [0, 0.05) is 25.6 Å². The van der Waals surface area contributed by atoms with Crippen LogP contribution in [0.15, 0.2) is 30.7 Å². The van der Waals surface area contributed by atoms with Gasteiger partial charge < -0.3 is 24.3 Å².